The van der Waals surface area contributed by atoms with Gasteiger partial charge < -0.3 is 19.3 Å². The van der Waals surface area contributed by atoms with Gasteiger partial charge in [0.25, 0.3) is 0 Å². The third-order valence-corrected chi connectivity index (χ3v) is 4.16. The monoisotopic (exact) mass is 302 g/mol. The number of ether oxygens (including phenoxy) is 3. The van der Waals surface area contributed by atoms with Gasteiger partial charge in [-0.05, 0) is 12.8 Å². The van der Waals surface area contributed by atoms with Gasteiger partial charge in [0.2, 0.25) is 0 Å². The van der Waals surface area contributed by atoms with Crippen LogP contribution >= 0.6 is 0 Å². The van der Waals surface area contributed by atoms with Crippen LogP contribution in [0.3, 0.4) is 0 Å². The molecule has 0 bridgehead atoms. The first-order valence-corrected chi connectivity index (χ1v) is 8.71. The number of hydrogen-bond acceptors (Lipinski definition) is 4. The first kappa shape index (κ1) is 18.9. The van der Waals surface area contributed by atoms with Crippen LogP contribution in [0.5, 0.6) is 0 Å². The Morgan fingerprint density at radius 3 is 2.00 bits per heavy atom. The van der Waals surface area contributed by atoms with Gasteiger partial charge >= 0.3 is 0 Å². The summed E-state index contributed by atoms with van der Waals surface area (Å²) < 4.78 is 16.2. The van der Waals surface area contributed by atoms with Crippen LogP contribution in [0.4, 0.5) is 0 Å². The van der Waals surface area contributed by atoms with Crippen molar-refractivity contribution in [3.8, 4) is 0 Å². The second-order valence-electron chi connectivity index (χ2n) is 5.99. The van der Waals surface area contributed by atoms with Crippen molar-refractivity contribution in [3.63, 3.8) is 0 Å². The van der Waals surface area contributed by atoms with E-state index in [-0.39, 0.29) is 12.2 Å². The average Bonchev–Trinajstić information content (AvgIpc) is 2.48. The van der Waals surface area contributed by atoms with Crippen LogP contribution < -0.4 is 0 Å². The van der Waals surface area contributed by atoms with Crippen molar-refractivity contribution in [3.05, 3.63) is 0 Å². The lowest BCUT2D eigenvalue weighted by atomic mass is 9.97. The number of aliphatic hydroxyl groups excluding tert-OH is 1. The van der Waals surface area contributed by atoms with Crippen LogP contribution in [0.15, 0.2) is 0 Å². The van der Waals surface area contributed by atoms with Crippen LogP contribution in [0.25, 0.3) is 0 Å². The van der Waals surface area contributed by atoms with Gasteiger partial charge in [0.1, 0.15) is 0 Å². The lowest BCUT2D eigenvalue weighted by Crippen LogP contribution is -2.30. The molecule has 4 heteroatoms. The van der Waals surface area contributed by atoms with Crippen LogP contribution in [0, 0.1) is 0 Å². The molecular weight excluding hydrogens is 268 g/mol. The van der Waals surface area contributed by atoms with Gasteiger partial charge in [-0.1, -0.05) is 51.4 Å². The summed E-state index contributed by atoms with van der Waals surface area (Å²) >= 11 is 0. The van der Waals surface area contributed by atoms with Crippen LogP contribution in [0.2, 0.25) is 0 Å². The molecule has 1 N–H and O–H groups in total. The Bertz CT molecular complexity index is 223. The Hall–Kier alpha value is -0.160. The highest BCUT2D eigenvalue weighted by Gasteiger charge is 2.19. The highest BCUT2D eigenvalue weighted by molar-refractivity contribution is 4.70. The molecule has 0 radical (unpaired) electrons. The third-order valence-electron chi connectivity index (χ3n) is 4.16. The molecule has 2 atom stereocenters. The fourth-order valence-corrected chi connectivity index (χ4v) is 2.84. The largest absolute Gasteiger partial charge is 0.390 e. The third kappa shape index (κ3) is 10.2. The molecule has 0 heterocycles. The lowest BCUT2D eigenvalue weighted by molar-refractivity contribution is -0.0659. The van der Waals surface area contributed by atoms with Crippen LogP contribution in [-0.2, 0) is 14.2 Å². The van der Waals surface area contributed by atoms with E-state index < -0.39 is 0 Å². The van der Waals surface area contributed by atoms with E-state index in [4.69, 9.17) is 14.2 Å². The molecule has 0 saturated heterocycles. The fraction of sp³-hybridized carbons (Fsp3) is 1.00. The maximum absolute atomic E-state index is 10.3. The molecule has 0 aromatic carbocycles. The van der Waals surface area contributed by atoms with E-state index in [1.54, 1.807) is 7.11 Å². The van der Waals surface area contributed by atoms with E-state index in [2.05, 4.69) is 0 Å². The summed E-state index contributed by atoms with van der Waals surface area (Å²) in [5.74, 6) is 0. The Morgan fingerprint density at radius 1 is 0.762 bits per heavy atom. The smallest absolute Gasteiger partial charge is 0.0835 e. The summed E-state index contributed by atoms with van der Waals surface area (Å²) in [6, 6.07) is 0. The fourth-order valence-electron chi connectivity index (χ4n) is 2.84. The van der Waals surface area contributed by atoms with E-state index in [1.807, 2.05) is 0 Å². The van der Waals surface area contributed by atoms with E-state index in [0.29, 0.717) is 26.4 Å². The summed E-state index contributed by atoms with van der Waals surface area (Å²) in [6.07, 6.45) is 11.6. The molecule has 0 spiro atoms. The zero-order chi connectivity index (χ0) is 15.2. The van der Waals surface area contributed by atoms with Gasteiger partial charge in [0.15, 0.2) is 0 Å². The molecule has 21 heavy (non-hydrogen) atoms. The summed E-state index contributed by atoms with van der Waals surface area (Å²) in [4.78, 5) is 0. The minimum atomic E-state index is -0.316. The topological polar surface area (TPSA) is 47.9 Å². The molecule has 2 unspecified atom stereocenters. The summed E-state index contributed by atoms with van der Waals surface area (Å²) in [5.41, 5.74) is 0. The minimum absolute atomic E-state index is 0.0181. The van der Waals surface area contributed by atoms with Crippen molar-refractivity contribution in [2.75, 3.05) is 33.5 Å². The summed E-state index contributed by atoms with van der Waals surface area (Å²) in [5, 5.41) is 10.3. The SMILES string of the molecule is COCCOCCOC1CCCCCCCCCCC1O. The minimum Gasteiger partial charge on any atom is -0.390 e. The summed E-state index contributed by atoms with van der Waals surface area (Å²) in [6.45, 7) is 2.36. The first-order valence-electron chi connectivity index (χ1n) is 8.71. The Morgan fingerprint density at radius 2 is 1.33 bits per heavy atom. The molecule has 0 amide bonds. The van der Waals surface area contributed by atoms with E-state index in [1.165, 1.54) is 38.5 Å². The average molecular weight is 302 g/mol. The molecule has 1 fully saturated rings. The maximum atomic E-state index is 10.3. The lowest BCUT2D eigenvalue weighted by Gasteiger charge is -2.24. The zero-order valence-corrected chi connectivity index (χ0v) is 13.7. The Labute approximate surface area is 130 Å². The Balaban J connectivity index is 2.21. The van der Waals surface area contributed by atoms with E-state index in [9.17, 15) is 5.11 Å². The van der Waals surface area contributed by atoms with Crippen molar-refractivity contribution in [2.24, 2.45) is 0 Å². The molecule has 0 aromatic heterocycles. The molecule has 1 saturated carbocycles. The maximum Gasteiger partial charge on any atom is 0.0835 e. The van der Waals surface area contributed by atoms with Gasteiger partial charge in [-0.2, -0.15) is 0 Å². The molecule has 1 rings (SSSR count). The quantitative estimate of drug-likeness (QED) is 0.733. The van der Waals surface area contributed by atoms with Crippen molar-refractivity contribution in [1.82, 2.24) is 0 Å². The zero-order valence-electron chi connectivity index (χ0n) is 13.7. The molecule has 126 valence electrons. The number of methoxy groups -OCH3 is 1. The standard InChI is InChI=1S/C17H34O4/c1-19-12-13-20-14-15-21-17-11-9-7-5-3-2-4-6-8-10-16(17)18/h16-18H,2-15H2,1H3. The molecule has 1 aliphatic carbocycles. The first-order chi connectivity index (χ1) is 10.3. The molecular formula is C17H34O4. The normalized spacial score (nSPS) is 26.0. The summed E-state index contributed by atoms with van der Waals surface area (Å²) in [7, 11) is 1.67. The molecule has 0 aromatic rings. The Kier molecular flexibility index (Phi) is 12.1. The second-order valence-corrected chi connectivity index (χ2v) is 5.99. The van der Waals surface area contributed by atoms with Crippen molar-refractivity contribution in [2.45, 2.75) is 76.4 Å². The number of rotatable bonds is 7. The van der Waals surface area contributed by atoms with Gasteiger partial charge in [-0.3, -0.25) is 0 Å². The van der Waals surface area contributed by atoms with Gasteiger partial charge in [-0.15, -0.1) is 0 Å². The van der Waals surface area contributed by atoms with E-state index in [0.717, 1.165) is 25.7 Å². The molecule has 0 aliphatic heterocycles. The van der Waals surface area contributed by atoms with E-state index >= 15 is 0 Å². The van der Waals surface area contributed by atoms with Crippen LogP contribution in [-0.4, -0.2) is 50.9 Å². The van der Waals surface area contributed by atoms with Gasteiger partial charge in [0, 0.05) is 7.11 Å². The highest BCUT2D eigenvalue weighted by Crippen LogP contribution is 2.19. The number of hydrogen-bond donors (Lipinski definition) is 1. The molecule has 1 aliphatic rings. The second kappa shape index (κ2) is 13.5. The predicted molar refractivity (Wildman–Crippen MR) is 84.6 cm³/mol. The number of aliphatic hydroxyl groups is 1. The molecule has 4 nitrogen and oxygen atoms in total. The van der Waals surface area contributed by atoms with Crippen molar-refractivity contribution < 1.29 is 19.3 Å². The predicted octanol–water partition coefficient (Wildman–Crippen LogP) is 3.31. The van der Waals surface area contributed by atoms with Crippen molar-refractivity contribution >= 4 is 0 Å². The van der Waals surface area contributed by atoms with Crippen LogP contribution in [0.1, 0.15) is 64.2 Å². The van der Waals surface area contributed by atoms with Gasteiger partial charge in [0.05, 0.1) is 38.6 Å². The highest BCUT2D eigenvalue weighted by atomic mass is 16.5. The van der Waals surface area contributed by atoms with Crippen molar-refractivity contribution in [1.29, 1.82) is 0 Å². The van der Waals surface area contributed by atoms with Gasteiger partial charge in [-0.25, -0.2) is 0 Å².